The Balaban J connectivity index is 0.00000200. The largest absolute Gasteiger partial charge is 0.494 e. The summed E-state index contributed by atoms with van der Waals surface area (Å²) in [6.07, 6.45) is 1.65. The average Bonchev–Trinajstić information content (AvgIpc) is 2.87. The standard InChI is InChI=1S/C12H20N2O3S2.ClH/c1-9(13)10-3-6-14(7-4-10)19(15,16)12-11(17-2)5-8-18-12;/h5,8-10H,3-4,6-7,13H2,1-2H3;1H. The Morgan fingerprint density at radius 2 is 2.05 bits per heavy atom. The van der Waals surface area contributed by atoms with Crippen molar-refractivity contribution in [2.24, 2.45) is 11.7 Å². The molecule has 2 rings (SSSR count). The van der Waals surface area contributed by atoms with Gasteiger partial charge < -0.3 is 10.5 Å². The third-order valence-corrected chi connectivity index (χ3v) is 6.95. The van der Waals surface area contributed by atoms with Gasteiger partial charge in [-0.3, -0.25) is 0 Å². The van der Waals surface area contributed by atoms with Crippen LogP contribution in [0.2, 0.25) is 0 Å². The van der Waals surface area contributed by atoms with E-state index in [0.29, 0.717) is 29.0 Å². The van der Waals surface area contributed by atoms with Gasteiger partial charge in [-0.15, -0.1) is 23.7 Å². The first-order chi connectivity index (χ1) is 8.96. The highest BCUT2D eigenvalue weighted by atomic mass is 35.5. The summed E-state index contributed by atoms with van der Waals surface area (Å²) in [5, 5.41) is 1.74. The van der Waals surface area contributed by atoms with Crippen molar-refractivity contribution < 1.29 is 13.2 Å². The highest BCUT2D eigenvalue weighted by Gasteiger charge is 2.33. The second-order valence-corrected chi connectivity index (χ2v) is 7.93. The SMILES string of the molecule is COc1ccsc1S(=O)(=O)N1CCC(C(C)N)CC1.Cl. The summed E-state index contributed by atoms with van der Waals surface area (Å²) in [6, 6.07) is 1.81. The van der Waals surface area contributed by atoms with E-state index in [4.69, 9.17) is 10.5 Å². The molecule has 116 valence electrons. The molecule has 2 N–H and O–H groups in total. The molecule has 2 heterocycles. The van der Waals surface area contributed by atoms with Crippen LogP contribution in [0.15, 0.2) is 15.7 Å². The van der Waals surface area contributed by atoms with Crippen LogP contribution in [0.25, 0.3) is 0 Å². The fourth-order valence-electron chi connectivity index (χ4n) is 2.38. The van der Waals surface area contributed by atoms with Crippen LogP contribution in [0.4, 0.5) is 0 Å². The zero-order valence-corrected chi connectivity index (χ0v) is 14.1. The molecular weight excluding hydrogens is 320 g/mol. The summed E-state index contributed by atoms with van der Waals surface area (Å²) >= 11 is 1.20. The van der Waals surface area contributed by atoms with Gasteiger partial charge in [0.15, 0.2) is 4.21 Å². The van der Waals surface area contributed by atoms with Gasteiger partial charge in [-0.25, -0.2) is 8.42 Å². The van der Waals surface area contributed by atoms with Gasteiger partial charge in [-0.05, 0) is 37.1 Å². The summed E-state index contributed by atoms with van der Waals surface area (Å²) < 4.78 is 32.0. The minimum absolute atomic E-state index is 0. The third kappa shape index (κ3) is 3.46. The Morgan fingerprint density at radius 3 is 2.55 bits per heavy atom. The molecule has 1 atom stereocenters. The van der Waals surface area contributed by atoms with E-state index in [1.54, 1.807) is 15.8 Å². The van der Waals surface area contributed by atoms with Crippen molar-refractivity contribution in [3.8, 4) is 5.75 Å². The van der Waals surface area contributed by atoms with Crippen LogP contribution in [-0.4, -0.2) is 39.0 Å². The highest BCUT2D eigenvalue weighted by molar-refractivity contribution is 7.91. The van der Waals surface area contributed by atoms with E-state index < -0.39 is 10.0 Å². The number of nitrogens with zero attached hydrogens (tertiary/aromatic N) is 1. The number of hydrogen-bond donors (Lipinski definition) is 1. The van der Waals surface area contributed by atoms with Crippen molar-refractivity contribution in [3.05, 3.63) is 11.4 Å². The minimum atomic E-state index is -3.42. The van der Waals surface area contributed by atoms with Crippen LogP contribution in [0.5, 0.6) is 5.75 Å². The van der Waals surface area contributed by atoms with Gasteiger partial charge in [0.05, 0.1) is 7.11 Å². The summed E-state index contributed by atoms with van der Waals surface area (Å²) in [6.45, 7) is 3.06. The Kier molecular flexibility index (Phi) is 6.27. The van der Waals surface area contributed by atoms with Gasteiger partial charge in [-0.1, -0.05) is 0 Å². The number of halogens is 1. The smallest absolute Gasteiger partial charge is 0.256 e. The molecule has 1 saturated heterocycles. The zero-order chi connectivity index (χ0) is 14.0. The second-order valence-electron chi connectivity index (χ2n) is 4.88. The number of ether oxygens (including phenoxy) is 1. The van der Waals surface area contributed by atoms with E-state index in [0.717, 1.165) is 12.8 Å². The maximum atomic E-state index is 12.5. The van der Waals surface area contributed by atoms with Crippen LogP contribution in [0, 0.1) is 5.92 Å². The lowest BCUT2D eigenvalue weighted by Crippen LogP contribution is -2.42. The van der Waals surface area contributed by atoms with E-state index in [1.807, 2.05) is 6.92 Å². The van der Waals surface area contributed by atoms with Crippen LogP contribution >= 0.6 is 23.7 Å². The minimum Gasteiger partial charge on any atom is -0.494 e. The summed E-state index contributed by atoms with van der Waals surface area (Å²) in [4.78, 5) is 0. The second kappa shape index (κ2) is 7.09. The molecule has 0 spiro atoms. The first-order valence-corrected chi connectivity index (χ1v) is 8.66. The van der Waals surface area contributed by atoms with Crippen LogP contribution < -0.4 is 10.5 Å². The number of hydrogen-bond acceptors (Lipinski definition) is 5. The molecule has 8 heteroatoms. The molecule has 5 nitrogen and oxygen atoms in total. The van der Waals surface area contributed by atoms with Crippen molar-refractivity contribution >= 4 is 33.8 Å². The van der Waals surface area contributed by atoms with Crippen molar-refractivity contribution in [2.75, 3.05) is 20.2 Å². The predicted octanol–water partition coefficient (Wildman–Crippen LogP) is 1.93. The highest BCUT2D eigenvalue weighted by Crippen LogP contribution is 2.34. The maximum absolute atomic E-state index is 12.5. The van der Waals surface area contributed by atoms with Gasteiger partial charge in [0.25, 0.3) is 10.0 Å². The van der Waals surface area contributed by atoms with Gasteiger partial charge in [0, 0.05) is 19.1 Å². The van der Waals surface area contributed by atoms with Crippen LogP contribution in [-0.2, 0) is 10.0 Å². The first-order valence-electron chi connectivity index (χ1n) is 6.34. The molecule has 20 heavy (non-hydrogen) atoms. The summed E-state index contributed by atoms with van der Waals surface area (Å²) in [5.74, 6) is 0.844. The Bertz CT molecular complexity index is 523. The van der Waals surface area contributed by atoms with E-state index >= 15 is 0 Å². The molecule has 1 aromatic heterocycles. The van der Waals surface area contributed by atoms with E-state index in [9.17, 15) is 8.42 Å². The zero-order valence-electron chi connectivity index (χ0n) is 11.6. The molecule has 1 aliphatic heterocycles. The topological polar surface area (TPSA) is 72.6 Å². The number of piperidine rings is 1. The summed E-state index contributed by atoms with van der Waals surface area (Å²) in [7, 11) is -1.94. The molecule has 0 amide bonds. The normalized spacial score (nSPS) is 19.4. The maximum Gasteiger partial charge on any atom is 0.256 e. The van der Waals surface area contributed by atoms with Crippen molar-refractivity contribution in [1.29, 1.82) is 0 Å². The van der Waals surface area contributed by atoms with Crippen LogP contribution in [0.1, 0.15) is 19.8 Å². The Hall–Kier alpha value is -0.340. The lowest BCUT2D eigenvalue weighted by Gasteiger charge is -2.32. The third-order valence-electron chi connectivity index (χ3n) is 3.63. The Morgan fingerprint density at radius 1 is 1.45 bits per heavy atom. The molecule has 0 radical (unpaired) electrons. The number of rotatable bonds is 4. The average molecular weight is 341 g/mol. The molecule has 1 unspecified atom stereocenters. The van der Waals surface area contributed by atoms with Crippen molar-refractivity contribution in [1.82, 2.24) is 4.31 Å². The lowest BCUT2D eigenvalue weighted by atomic mass is 9.92. The number of sulfonamides is 1. The quantitative estimate of drug-likeness (QED) is 0.909. The number of nitrogens with two attached hydrogens (primary N) is 1. The van der Waals surface area contributed by atoms with E-state index in [2.05, 4.69) is 0 Å². The fourth-order valence-corrected chi connectivity index (χ4v) is 5.27. The van der Waals surface area contributed by atoms with Gasteiger partial charge in [0.2, 0.25) is 0 Å². The molecule has 0 bridgehead atoms. The lowest BCUT2D eigenvalue weighted by molar-refractivity contribution is 0.250. The number of thiophene rings is 1. The van der Waals surface area contributed by atoms with Gasteiger partial charge in [0.1, 0.15) is 5.75 Å². The van der Waals surface area contributed by atoms with Gasteiger partial charge in [-0.2, -0.15) is 4.31 Å². The number of methoxy groups -OCH3 is 1. The Labute approximate surface area is 130 Å². The predicted molar refractivity (Wildman–Crippen MR) is 83.3 cm³/mol. The van der Waals surface area contributed by atoms with E-state index in [-0.39, 0.29) is 18.4 Å². The van der Waals surface area contributed by atoms with Crippen LogP contribution in [0.3, 0.4) is 0 Å². The van der Waals surface area contributed by atoms with Crippen molar-refractivity contribution in [3.63, 3.8) is 0 Å². The fraction of sp³-hybridized carbons (Fsp3) is 0.667. The molecule has 0 aromatic carbocycles. The first kappa shape index (κ1) is 17.7. The molecule has 0 saturated carbocycles. The monoisotopic (exact) mass is 340 g/mol. The van der Waals surface area contributed by atoms with E-state index in [1.165, 1.54) is 18.4 Å². The molecular formula is C12H21ClN2O3S2. The molecule has 1 fully saturated rings. The molecule has 0 aliphatic carbocycles. The molecule has 1 aliphatic rings. The van der Waals surface area contributed by atoms with Gasteiger partial charge >= 0.3 is 0 Å². The summed E-state index contributed by atoms with van der Waals surface area (Å²) in [5.41, 5.74) is 5.88. The molecule has 1 aromatic rings. The van der Waals surface area contributed by atoms with Crippen molar-refractivity contribution in [2.45, 2.75) is 30.0 Å².